The topological polar surface area (TPSA) is 104 Å². The molecule has 1 aromatic carbocycles. The minimum Gasteiger partial charge on any atom is -0.480 e. The molecule has 1 aromatic rings. The van der Waals surface area contributed by atoms with Crippen LogP contribution in [0.5, 0.6) is 0 Å². The number of carboxylic acid groups (broad SMARTS) is 1. The average molecular weight is 314 g/mol. The van der Waals surface area contributed by atoms with E-state index >= 15 is 0 Å². The summed E-state index contributed by atoms with van der Waals surface area (Å²) in [6.45, 7) is 1.15. The minimum absolute atomic E-state index is 0.0470. The van der Waals surface area contributed by atoms with E-state index in [9.17, 15) is 18.0 Å². The van der Waals surface area contributed by atoms with E-state index in [1.807, 2.05) is 0 Å². The summed E-state index contributed by atoms with van der Waals surface area (Å²) < 4.78 is 26.0. The number of benzene rings is 1. The number of carbonyl (C=O) groups is 2. The molecule has 0 radical (unpaired) electrons. The first kappa shape index (κ1) is 17.1. The molecule has 0 aliphatic carbocycles. The maximum absolute atomic E-state index is 11.9. The van der Waals surface area contributed by atoms with Gasteiger partial charge in [0.25, 0.3) is 0 Å². The Labute approximate surface area is 123 Å². The number of sulfonamides is 1. The molecule has 0 aliphatic rings. The highest BCUT2D eigenvalue weighted by atomic mass is 32.2. The van der Waals surface area contributed by atoms with Crippen LogP contribution in [-0.2, 0) is 19.6 Å². The summed E-state index contributed by atoms with van der Waals surface area (Å²) in [6.07, 6.45) is 0.239. The van der Waals surface area contributed by atoms with Crippen molar-refractivity contribution in [2.24, 2.45) is 0 Å². The van der Waals surface area contributed by atoms with Crippen LogP contribution in [0.2, 0.25) is 0 Å². The van der Waals surface area contributed by atoms with E-state index in [1.165, 1.54) is 19.2 Å². The van der Waals surface area contributed by atoms with E-state index in [0.29, 0.717) is 0 Å². The fourth-order valence-electron chi connectivity index (χ4n) is 1.75. The molecular weight excluding hydrogens is 296 g/mol. The van der Waals surface area contributed by atoms with Crippen LogP contribution in [0.15, 0.2) is 35.2 Å². The number of hydrogen-bond acceptors (Lipinski definition) is 4. The highest BCUT2D eigenvalue weighted by Gasteiger charge is 2.25. The molecule has 0 fully saturated rings. The van der Waals surface area contributed by atoms with Crippen molar-refractivity contribution < 1.29 is 23.1 Å². The molecule has 2 N–H and O–H groups in total. The molecular formula is C13H18N2O5S. The predicted molar refractivity (Wildman–Crippen MR) is 76.1 cm³/mol. The first-order valence-electron chi connectivity index (χ1n) is 6.32. The molecule has 0 saturated heterocycles. The Bertz CT molecular complexity index is 600. The van der Waals surface area contributed by atoms with Crippen molar-refractivity contribution in [2.45, 2.75) is 24.3 Å². The lowest BCUT2D eigenvalue weighted by atomic mass is 10.2. The number of nitrogens with one attached hydrogen (secondary N) is 1. The van der Waals surface area contributed by atoms with E-state index in [2.05, 4.69) is 4.72 Å². The Balaban J connectivity index is 2.71. The van der Waals surface area contributed by atoms with Gasteiger partial charge in [-0.2, -0.15) is 0 Å². The van der Waals surface area contributed by atoms with Crippen molar-refractivity contribution in [1.29, 1.82) is 0 Å². The van der Waals surface area contributed by atoms with Crippen LogP contribution in [0.1, 0.15) is 13.3 Å². The molecule has 1 atom stereocenters. The van der Waals surface area contributed by atoms with Crippen LogP contribution >= 0.6 is 0 Å². The first-order valence-corrected chi connectivity index (χ1v) is 7.81. The summed E-state index contributed by atoms with van der Waals surface area (Å²) in [7, 11) is -2.45. The molecule has 0 bridgehead atoms. The van der Waals surface area contributed by atoms with Crippen LogP contribution in [0.25, 0.3) is 0 Å². The Morgan fingerprint density at radius 3 is 2.33 bits per heavy atom. The third-order valence-electron chi connectivity index (χ3n) is 3.00. The van der Waals surface area contributed by atoms with Crippen LogP contribution in [0.3, 0.4) is 0 Å². The smallest absolute Gasteiger partial charge is 0.326 e. The van der Waals surface area contributed by atoms with E-state index in [0.717, 1.165) is 4.90 Å². The highest BCUT2D eigenvalue weighted by Crippen LogP contribution is 2.07. The first-order chi connectivity index (χ1) is 9.79. The highest BCUT2D eigenvalue weighted by molar-refractivity contribution is 7.89. The molecule has 116 valence electrons. The van der Waals surface area contributed by atoms with Crippen LogP contribution in [0.4, 0.5) is 0 Å². The predicted octanol–water partition coefficient (Wildman–Crippen LogP) is 0.287. The number of amides is 1. The summed E-state index contributed by atoms with van der Waals surface area (Å²) in [5.41, 5.74) is 0. The van der Waals surface area contributed by atoms with E-state index in [4.69, 9.17) is 5.11 Å². The molecule has 1 amide bonds. The summed E-state index contributed by atoms with van der Waals surface area (Å²) in [5, 5.41) is 8.97. The molecule has 0 spiro atoms. The number of carbonyl (C=O) groups excluding carboxylic acids is 1. The van der Waals surface area contributed by atoms with Crippen LogP contribution in [0, 0.1) is 0 Å². The second kappa shape index (κ2) is 7.19. The normalized spacial score (nSPS) is 12.7. The number of hydrogen-bond donors (Lipinski definition) is 2. The molecule has 21 heavy (non-hydrogen) atoms. The van der Waals surface area contributed by atoms with E-state index in [-0.39, 0.29) is 11.3 Å². The number of carboxylic acids is 1. The summed E-state index contributed by atoms with van der Waals surface area (Å²) >= 11 is 0. The largest absolute Gasteiger partial charge is 0.480 e. The summed E-state index contributed by atoms with van der Waals surface area (Å²) in [4.78, 5) is 23.9. The third kappa shape index (κ3) is 4.54. The van der Waals surface area contributed by atoms with Gasteiger partial charge in [-0.25, -0.2) is 17.9 Å². The van der Waals surface area contributed by atoms with Gasteiger partial charge in [0.15, 0.2) is 0 Å². The fraction of sp³-hybridized carbons (Fsp3) is 0.385. The van der Waals surface area contributed by atoms with Crippen molar-refractivity contribution in [3.63, 3.8) is 0 Å². The molecule has 1 rings (SSSR count). The molecule has 0 saturated carbocycles. The van der Waals surface area contributed by atoms with Crippen LogP contribution < -0.4 is 4.72 Å². The number of rotatable bonds is 7. The summed E-state index contributed by atoms with van der Waals surface area (Å²) in [6, 6.07) is 6.65. The maximum atomic E-state index is 11.9. The number of aliphatic carboxylic acids is 1. The number of likely N-dealkylation sites (N-methyl/N-ethyl adjacent to an activating group) is 1. The zero-order chi connectivity index (χ0) is 16.0. The van der Waals surface area contributed by atoms with Crippen molar-refractivity contribution in [1.82, 2.24) is 9.62 Å². The lowest BCUT2D eigenvalue weighted by molar-refractivity contribution is -0.148. The Morgan fingerprint density at radius 2 is 1.86 bits per heavy atom. The van der Waals surface area contributed by atoms with Gasteiger partial charge in [-0.15, -0.1) is 0 Å². The van der Waals surface area contributed by atoms with E-state index in [1.54, 1.807) is 25.1 Å². The van der Waals surface area contributed by atoms with Crippen molar-refractivity contribution in [3.8, 4) is 0 Å². The van der Waals surface area contributed by atoms with Gasteiger partial charge >= 0.3 is 5.97 Å². The Morgan fingerprint density at radius 1 is 1.29 bits per heavy atom. The van der Waals surface area contributed by atoms with Gasteiger partial charge in [0.2, 0.25) is 15.9 Å². The van der Waals surface area contributed by atoms with Gasteiger partial charge < -0.3 is 10.0 Å². The second-order valence-electron chi connectivity index (χ2n) is 4.40. The van der Waals surface area contributed by atoms with Gasteiger partial charge in [0, 0.05) is 7.05 Å². The lowest BCUT2D eigenvalue weighted by Gasteiger charge is -2.23. The second-order valence-corrected chi connectivity index (χ2v) is 6.17. The van der Waals surface area contributed by atoms with Gasteiger partial charge in [0.05, 0.1) is 11.4 Å². The van der Waals surface area contributed by atoms with Gasteiger partial charge in [-0.05, 0) is 18.6 Å². The molecule has 1 unspecified atom stereocenters. The molecule has 0 aliphatic heterocycles. The zero-order valence-corrected chi connectivity index (χ0v) is 12.6. The SMILES string of the molecule is CCC(C(=O)O)N(C)C(=O)CNS(=O)(=O)c1ccccc1. The fourth-order valence-corrected chi connectivity index (χ4v) is 2.75. The molecule has 0 aromatic heterocycles. The quantitative estimate of drug-likeness (QED) is 0.752. The Hall–Kier alpha value is -1.93. The lowest BCUT2D eigenvalue weighted by Crippen LogP contribution is -2.46. The summed E-state index contributed by atoms with van der Waals surface area (Å²) in [5.74, 6) is -1.73. The van der Waals surface area contributed by atoms with Crippen LogP contribution in [-0.4, -0.2) is 49.9 Å². The number of nitrogens with zero attached hydrogens (tertiary/aromatic N) is 1. The third-order valence-corrected chi connectivity index (χ3v) is 4.42. The van der Waals surface area contributed by atoms with E-state index < -0.39 is 34.5 Å². The van der Waals surface area contributed by atoms with Gasteiger partial charge in [-0.3, -0.25) is 4.79 Å². The minimum atomic E-state index is -3.79. The average Bonchev–Trinajstić information content (AvgIpc) is 2.46. The molecule has 0 heterocycles. The molecule has 7 nitrogen and oxygen atoms in total. The van der Waals surface area contributed by atoms with Crippen molar-refractivity contribution in [3.05, 3.63) is 30.3 Å². The van der Waals surface area contributed by atoms with Crippen molar-refractivity contribution >= 4 is 21.9 Å². The Kier molecular flexibility index (Phi) is 5.86. The van der Waals surface area contributed by atoms with Gasteiger partial charge in [-0.1, -0.05) is 25.1 Å². The molecule has 8 heteroatoms. The van der Waals surface area contributed by atoms with Crippen molar-refractivity contribution in [2.75, 3.05) is 13.6 Å². The maximum Gasteiger partial charge on any atom is 0.326 e. The van der Waals surface area contributed by atoms with Gasteiger partial charge in [0.1, 0.15) is 6.04 Å². The zero-order valence-electron chi connectivity index (χ0n) is 11.8. The monoisotopic (exact) mass is 314 g/mol. The standard InChI is InChI=1S/C13H18N2O5S/c1-3-11(13(17)18)15(2)12(16)9-14-21(19,20)10-7-5-4-6-8-10/h4-8,11,14H,3,9H2,1-2H3,(H,17,18).